The molecule has 0 amide bonds. The molecule has 0 aliphatic heterocycles. The van der Waals surface area contributed by atoms with Crippen LogP contribution in [0.4, 0.5) is 16.3 Å². The number of nitrogens with zero attached hydrogens (tertiary/aromatic N) is 5. The number of aliphatic imine (C=N–C) groups is 1. The molecule has 0 radical (unpaired) electrons. The Morgan fingerprint density at radius 3 is 2.64 bits per heavy atom. The van der Waals surface area contributed by atoms with Crippen LogP contribution in [0.25, 0.3) is 22.2 Å². The first-order valence-corrected chi connectivity index (χ1v) is 11.2. The minimum Gasteiger partial charge on any atom is -0.495 e. The van der Waals surface area contributed by atoms with E-state index in [0.717, 1.165) is 16.5 Å². The topological polar surface area (TPSA) is 146 Å². The zero-order chi connectivity index (χ0) is 25.8. The molecule has 0 bridgehead atoms. The number of aryl methyl sites for hydroxylation is 1. The van der Waals surface area contributed by atoms with Crippen LogP contribution < -0.4 is 26.9 Å². The molecule has 0 aliphatic carbocycles. The van der Waals surface area contributed by atoms with Crippen molar-refractivity contribution in [2.75, 3.05) is 19.5 Å². The third-order valence-electron chi connectivity index (χ3n) is 5.36. The molecule has 0 fully saturated rings. The summed E-state index contributed by atoms with van der Waals surface area (Å²) in [4.78, 5) is 21.8. The standard InChI is InChI=1S/C24H29N9O3/c1-14(2)36-24(34)33-19(17-12-28-32(4)13-17)8-16-11-27-22(10-20(16)33)29-18-7-6-15(9-21(18)35-5)23(26-3)30-31-25/h6-14,31H,25H2,1-5H3,(H,26,30)(H,27,29). The van der Waals surface area contributed by atoms with Crippen molar-refractivity contribution in [3.05, 3.63) is 54.5 Å². The summed E-state index contributed by atoms with van der Waals surface area (Å²) < 4.78 is 14.3. The summed E-state index contributed by atoms with van der Waals surface area (Å²) in [5.41, 5.74) is 8.70. The van der Waals surface area contributed by atoms with Crippen LogP contribution in [0.3, 0.4) is 0 Å². The number of rotatable bonds is 7. The largest absolute Gasteiger partial charge is 0.495 e. The van der Waals surface area contributed by atoms with Crippen LogP contribution in [0.2, 0.25) is 0 Å². The summed E-state index contributed by atoms with van der Waals surface area (Å²) >= 11 is 0. The Morgan fingerprint density at radius 1 is 1.19 bits per heavy atom. The average molecular weight is 492 g/mol. The molecule has 0 spiro atoms. The second-order valence-electron chi connectivity index (χ2n) is 8.21. The fourth-order valence-electron chi connectivity index (χ4n) is 3.79. The van der Waals surface area contributed by atoms with Gasteiger partial charge in [-0.25, -0.2) is 14.3 Å². The fourth-order valence-corrected chi connectivity index (χ4v) is 3.79. The number of hydrogen-bond acceptors (Lipinski definition) is 9. The number of aromatic nitrogens is 4. The number of hydrogen-bond donors (Lipinski definition) is 4. The number of anilines is 2. The van der Waals surface area contributed by atoms with Crippen molar-refractivity contribution in [1.29, 1.82) is 0 Å². The number of methoxy groups -OCH3 is 1. The molecule has 0 saturated heterocycles. The Bertz CT molecular complexity index is 1420. The van der Waals surface area contributed by atoms with E-state index in [1.165, 1.54) is 4.57 Å². The highest BCUT2D eigenvalue weighted by Crippen LogP contribution is 2.32. The molecule has 3 aromatic heterocycles. The molecule has 0 unspecified atom stereocenters. The molecule has 3 heterocycles. The van der Waals surface area contributed by atoms with Crippen LogP contribution in [0.1, 0.15) is 19.4 Å². The number of nitrogens with two attached hydrogens (primary N) is 1. The van der Waals surface area contributed by atoms with Gasteiger partial charge in [-0.2, -0.15) is 10.6 Å². The maximum absolute atomic E-state index is 13.1. The molecule has 4 aromatic rings. The van der Waals surface area contributed by atoms with Gasteiger partial charge in [0.2, 0.25) is 0 Å². The number of nitrogens with one attached hydrogen (secondary N) is 3. The summed E-state index contributed by atoms with van der Waals surface area (Å²) in [5.74, 6) is 7.00. The highest BCUT2D eigenvalue weighted by molar-refractivity contribution is 5.99. The first kappa shape index (κ1) is 24.7. The third-order valence-corrected chi connectivity index (χ3v) is 5.36. The SMILES string of the molecule is CN=C(NNN)c1ccc(Nc2cc3c(cn2)cc(-c2cnn(C)c2)n3C(=O)OC(C)C)c(OC)c1. The van der Waals surface area contributed by atoms with Gasteiger partial charge in [0.15, 0.2) is 0 Å². The lowest BCUT2D eigenvalue weighted by Gasteiger charge is -2.14. The zero-order valence-corrected chi connectivity index (χ0v) is 20.7. The van der Waals surface area contributed by atoms with Gasteiger partial charge < -0.3 is 14.8 Å². The van der Waals surface area contributed by atoms with Gasteiger partial charge in [-0.05, 0) is 38.1 Å². The summed E-state index contributed by atoms with van der Waals surface area (Å²) in [6, 6.07) is 9.21. The predicted molar refractivity (Wildman–Crippen MR) is 138 cm³/mol. The van der Waals surface area contributed by atoms with Gasteiger partial charge in [0.05, 0.1) is 36.3 Å². The lowest BCUT2D eigenvalue weighted by Crippen LogP contribution is -2.42. The molecule has 4 rings (SSSR count). The van der Waals surface area contributed by atoms with E-state index >= 15 is 0 Å². The smallest absolute Gasteiger partial charge is 0.419 e. The summed E-state index contributed by atoms with van der Waals surface area (Å²) in [5, 5.41) is 8.30. The number of carbonyl (C=O) groups is 1. The van der Waals surface area contributed by atoms with Gasteiger partial charge in [0.1, 0.15) is 17.4 Å². The third kappa shape index (κ3) is 4.99. The molecular formula is C24H29N9O3. The van der Waals surface area contributed by atoms with Gasteiger partial charge in [-0.1, -0.05) is 0 Å². The summed E-state index contributed by atoms with van der Waals surface area (Å²) in [7, 11) is 5.05. The number of pyridine rings is 1. The number of hydrazine groups is 2. The quantitative estimate of drug-likeness (QED) is 0.133. The Morgan fingerprint density at radius 2 is 2.00 bits per heavy atom. The zero-order valence-electron chi connectivity index (χ0n) is 20.7. The van der Waals surface area contributed by atoms with Gasteiger partial charge in [0.25, 0.3) is 0 Å². The molecule has 0 atom stereocenters. The van der Waals surface area contributed by atoms with Crippen molar-refractivity contribution in [3.63, 3.8) is 0 Å². The van der Waals surface area contributed by atoms with Crippen molar-refractivity contribution in [3.8, 4) is 17.0 Å². The summed E-state index contributed by atoms with van der Waals surface area (Å²) in [6.07, 6.45) is 4.49. The molecule has 5 N–H and O–H groups in total. The van der Waals surface area contributed by atoms with Crippen LogP contribution in [-0.2, 0) is 11.8 Å². The van der Waals surface area contributed by atoms with Crippen LogP contribution in [-0.4, -0.2) is 51.5 Å². The van der Waals surface area contributed by atoms with E-state index in [1.54, 1.807) is 37.3 Å². The van der Waals surface area contributed by atoms with Crippen molar-refractivity contribution >= 4 is 34.3 Å². The van der Waals surface area contributed by atoms with E-state index in [9.17, 15) is 4.79 Å². The van der Waals surface area contributed by atoms with E-state index in [4.69, 9.17) is 15.3 Å². The predicted octanol–water partition coefficient (Wildman–Crippen LogP) is 2.93. The van der Waals surface area contributed by atoms with Crippen LogP contribution in [0, 0.1) is 0 Å². The minimum atomic E-state index is -0.481. The van der Waals surface area contributed by atoms with Gasteiger partial charge in [-0.3, -0.25) is 20.9 Å². The van der Waals surface area contributed by atoms with Crippen molar-refractivity contribution in [1.82, 2.24) is 30.3 Å². The lowest BCUT2D eigenvalue weighted by molar-refractivity contribution is 0.118. The van der Waals surface area contributed by atoms with Crippen LogP contribution >= 0.6 is 0 Å². The molecule has 36 heavy (non-hydrogen) atoms. The van der Waals surface area contributed by atoms with Crippen LogP contribution in [0.15, 0.2) is 53.9 Å². The molecule has 0 saturated carbocycles. The Hall–Kier alpha value is -4.42. The number of ether oxygens (including phenoxy) is 2. The Labute approximate surface area is 208 Å². The van der Waals surface area contributed by atoms with Crippen molar-refractivity contribution < 1.29 is 14.3 Å². The number of fused-ring (bicyclic) bond motifs is 1. The van der Waals surface area contributed by atoms with E-state index in [0.29, 0.717) is 34.3 Å². The minimum absolute atomic E-state index is 0.278. The maximum Gasteiger partial charge on any atom is 0.419 e. The van der Waals surface area contributed by atoms with E-state index in [1.807, 2.05) is 51.4 Å². The van der Waals surface area contributed by atoms with E-state index in [2.05, 4.69) is 31.4 Å². The monoisotopic (exact) mass is 491 g/mol. The lowest BCUT2D eigenvalue weighted by atomic mass is 10.1. The molecule has 188 valence electrons. The molecule has 1 aromatic carbocycles. The number of carbonyl (C=O) groups excluding carboxylic acids is 1. The first-order valence-electron chi connectivity index (χ1n) is 11.2. The van der Waals surface area contributed by atoms with Gasteiger partial charge in [-0.15, -0.1) is 0 Å². The second kappa shape index (κ2) is 10.5. The number of amidine groups is 1. The highest BCUT2D eigenvalue weighted by atomic mass is 16.6. The maximum atomic E-state index is 13.1. The van der Waals surface area contributed by atoms with Gasteiger partial charge >= 0.3 is 6.09 Å². The summed E-state index contributed by atoms with van der Waals surface area (Å²) in [6.45, 7) is 3.62. The average Bonchev–Trinajstić information content (AvgIpc) is 3.45. The highest BCUT2D eigenvalue weighted by Gasteiger charge is 2.21. The Balaban J connectivity index is 1.75. The first-order chi connectivity index (χ1) is 17.3. The van der Waals surface area contributed by atoms with E-state index < -0.39 is 6.09 Å². The second-order valence-corrected chi connectivity index (χ2v) is 8.21. The van der Waals surface area contributed by atoms with Crippen molar-refractivity contribution in [2.45, 2.75) is 20.0 Å². The number of benzene rings is 1. The van der Waals surface area contributed by atoms with E-state index in [-0.39, 0.29) is 6.10 Å². The Kier molecular flexibility index (Phi) is 7.17. The van der Waals surface area contributed by atoms with Crippen LogP contribution in [0.5, 0.6) is 5.75 Å². The molecular weight excluding hydrogens is 462 g/mol. The molecule has 12 heteroatoms. The van der Waals surface area contributed by atoms with Crippen molar-refractivity contribution in [2.24, 2.45) is 17.9 Å². The fraction of sp³-hybridized carbons (Fsp3) is 0.250. The van der Waals surface area contributed by atoms with Gasteiger partial charge in [0, 0.05) is 49.1 Å². The molecule has 12 nitrogen and oxygen atoms in total. The molecule has 0 aliphatic rings. The normalized spacial score (nSPS) is 11.7.